The summed E-state index contributed by atoms with van der Waals surface area (Å²) in [5, 5.41) is 4.78. The lowest BCUT2D eigenvalue weighted by molar-refractivity contribution is 0.158. The highest BCUT2D eigenvalue weighted by Crippen LogP contribution is 2.28. The minimum Gasteiger partial charge on any atom is -0.459 e. The van der Waals surface area contributed by atoms with E-state index < -0.39 is 0 Å². The Kier molecular flexibility index (Phi) is 4.58. The molecule has 4 nitrogen and oxygen atoms in total. The van der Waals surface area contributed by atoms with Crippen LogP contribution in [0, 0.1) is 0 Å². The molecule has 0 unspecified atom stereocenters. The highest BCUT2D eigenvalue weighted by atomic mass is 16.5. The van der Waals surface area contributed by atoms with Crippen molar-refractivity contribution in [2.45, 2.75) is 32.0 Å². The van der Waals surface area contributed by atoms with Crippen molar-refractivity contribution in [2.75, 3.05) is 27.3 Å². The molecule has 114 valence electrons. The van der Waals surface area contributed by atoms with Crippen molar-refractivity contribution >= 4 is 11.0 Å². The van der Waals surface area contributed by atoms with Crippen molar-refractivity contribution in [3.8, 4) is 0 Å². The average molecular weight is 288 g/mol. The highest BCUT2D eigenvalue weighted by Gasteiger charge is 2.22. The van der Waals surface area contributed by atoms with Gasteiger partial charge >= 0.3 is 0 Å². The van der Waals surface area contributed by atoms with Crippen LogP contribution >= 0.6 is 0 Å². The molecule has 1 aliphatic rings. The Bertz CT molecular complexity index is 589. The number of methoxy groups -OCH3 is 1. The first-order valence-corrected chi connectivity index (χ1v) is 7.68. The Morgan fingerprint density at radius 3 is 2.90 bits per heavy atom. The molecular weight excluding hydrogens is 264 g/mol. The Morgan fingerprint density at radius 2 is 2.14 bits per heavy atom. The van der Waals surface area contributed by atoms with Gasteiger partial charge in [-0.2, -0.15) is 0 Å². The lowest BCUT2D eigenvalue weighted by Gasteiger charge is -2.16. The average Bonchev–Trinajstić information content (AvgIpc) is 3.26. The quantitative estimate of drug-likeness (QED) is 0.810. The van der Waals surface area contributed by atoms with Crippen LogP contribution in [-0.4, -0.2) is 38.3 Å². The number of furan rings is 1. The first-order valence-electron chi connectivity index (χ1n) is 7.68. The lowest BCUT2D eigenvalue weighted by atomic mass is 10.1. The molecule has 1 aromatic carbocycles. The minimum atomic E-state index is 0.692. The number of benzene rings is 1. The molecule has 0 atom stereocenters. The SMILES string of the molecule is COCCN(C)Cc1c(CNC2CC2)oc2ccccc12. The molecule has 1 saturated carbocycles. The standard InChI is InChI=1S/C17H24N2O2/c1-19(9-10-20-2)12-15-14-5-3-4-6-16(14)21-17(15)11-18-13-7-8-13/h3-6,13,18H,7-12H2,1-2H3. The van der Waals surface area contributed by atoms with Crippen molar-refractivity contribution in [3.63, 3.8) is 0 Å². The van der Waals surface area contributed by atoms with Gasteiger partial charge in [0.1, 0.15) is 11.3 Å². The summed E-state index contributed by atoms with van der Waals surface area (Å²) in [6.07, 6.45) is 2.59. The summed E-state index contributed by atoms with van der Waals surface area (Å²) in [6.45, 7) is 3.39. The Morgan fingerprint density at radius 1 is 1.33 bits per heavy atom. The predicted molar refractivity (Wildman–Crippen MR) is 84.3 cm³/mol. The Balaban J connectivity index is 1.79. The van der Waals surface area contributed by atoms with E-state index in [0.29, 0.717) is 6.04 Å². The third-order valence-corrected chi connectivity index (χ3v) is 4.02. The van der Waals surface area contributed by atoms with Crippen molar-refractivity contribution in [1.82, 2.24) is 10.2 Å². The molecule has 0 spiro atoms. The van der Waals surface area contributed by atoms with E-state index in [1.807, 2.05) is 6.07 Å². The lowest BCUT2D eigenvalue weighted by Crippen LogP contribution is -2.23. The van der Waals surface area contributed by atoms with Gasteiger partial charge in [-0.05, 0) is 26.0 Å². The summed E-state index contributed by atoms with van der Waals surface area (Å²) >= 11 is 0. The Labute approximate surface area is 126 Å². The third-order valence-electron chi connectivity index (χ3n) is 4.02. The second-order valence-corrected chi connectivity index (χ2v) is 5.89. The molecule has 1 heterocycles. The number of hydrogen-bond donors (Lipinski definition) is 1. The fourth-order valence-corrected chi connectivity index (χ4v) is 2.59. The first-order chi connectivity index (χ1) is 10.3. The number of ether oxygens (including phenoxy) is 1. The fraction of sp³-hybridized carbons (Fsp3) is 0.529. The van der Waals surface area contributed by atoms with Crippen LogP contribution in [0.2, 0.25) is 0 Å². The van der Waals surface area contributed by atoms with E-state index in [1.54, 1.807) is 7.11 Å². The van der Waals surface area contributed by atoms with Crippen LogP contribution in [0.25, 0.3) is 11.0 Å². The van der Waals surface area contributed by atoms with E-state index in [2.05, 4.69) is 35.5 Å². The molecule has 0 bridgehead atoms. The molecular formula is C17H24N2O2. The zero-order valence-corrected chi connectivity index (χ0v) is 12.9. The van der Waals surface area contributed by atoms with Crippen molar-refractivity contribution in [2.24, 2.45) is 0 Å². The van der Waals surface area contributed by atoms with E-state index >= 15 is 0 Å². The minimum absolute atomic E-state index is 0.692. The zero-order valence-electron chi connectivity index (χ0n) is 12.9. The smallest absolute Gasteiger partial charge is 0.134 e. The first kappa shape index (κ1) is 14.6. The molecule has 0 radical (unpaired) electrons. The number of hydrogen-bond acceptors (Lipinski definition) is 4. The molecule has 2 aromatic rings. The van der Waals surface area contributed by atoms with Crippen LogP contribution in [0.5, 0.6) is 0 Å². The Hall–Kier alpha value is -1.36. The molecule has 1 aliphatic carbocycles. The van der Waals surface area contributed by atoms with Crippen molar-refractivity contribution < 1.29 is 9.15 Å². The topological polar surface area (TPSA) is 37.6 Å². The van der Waals surface area contributed by atoms with Gasteiger partial charge in [-0.3, -0.25) is 4.90 Å². The predicted octanol–water partition coefficient (Wildman–Crippen LogP) is 2.76. The summed E-state index contributed by atoms with van der Waals surface area (Å²) in [5.74, 6) is 1.08. The molecule has 1 fully saturated rings. The molecule has 0 aliphatic heterocycles. The highest BCUT2D eigenvalue weighted by molar-refractivity contribution is 5.82. The van der Waals surface area contributed by atoms with Gasteiger partial charge in [-0.1, -0.05) is 18.2 Å². The van der Waals surface area contributed by atoms with E-state index in [9.17, 15) is 0 Å². The largest absolute Gasteiger partial charge is 0.459 e. The van der Waals surface area contributed by atoms with E-state index in [-0.39, 0.29) is 0 Å². The van der Waals surface area contributed by atoms with Crippen LogP contribution in [0.15, 0.2) is 28.7 Å². The number of nitrogens with one attached hydrogen (secondary N) is 1. The van der Waals surface area contributed by atoms with Crippen LogP contribution in [0.4, 0.5) is 0 Å². The number of fused-ring (bicyclic) bond motifs is 1. The third kappa shape index (κ3) is 3.64. The second-order valence-electron chi connectivity index (χ2n) is 5.89. The van der Waals surface area contributed by atoms with Gasteiger partial charge in [0.05, 0.1) is 13.2 Å². The van der Waals surface area contributed by atoms with E-state index in [4.69, 9.17) is 9.15 Å². The normalized spacial score (nSPS) is 15.2. The summed E-state index contributed by atoms with van der Waals surface area (Å²) in [7, 11) is 3.87. The molecule has 0 saturated heterocycles. The summed E-state index contributed by atoms with van der Waals surface area (Å²) in [4.78, 5) is 2.28. The summed E-state index contributed by atoms with van der Waals surface area (Å²) < 4.78 is 11.2. The summed E-state index contributed by atoms with van der Waals surface area (Å²) in [6, 6.07) is 9.00. The molecule has 3 rings (SSSR count). The summed E-state index contributed by atoms with van der Waals surface area (Å²) in [5.41, 5.74) is 2.29. The van der Waals surface area contributed by atoms with Gasteiger partial charge in [-0.15, -0.1) is 0 Å². The van der Waals surface area contributed by atoms with E-state index in [1.165, 1.54) is 23.8 Å². The number of likely N-dealkylation sites (N-methyl/N-ethyl adjacent to an activating group) is 1. The number of para-hydroxylation sites is 1. The maximum atomic E-state index is 6.06. The molecule has 0 amide bonds. The van der Waals surface area contributed by atoms with Gasteiger partial charge in [-0.25, -0.2) is 0 Å². The van der Waals surface area contributed by atoms with Crippen LogP contribution in [-0.2, 0) is 17.8 Å². The van der Waals surface area contributed by atoms with Gasteiger partial charge < -0.3 is 14.5 Å². The van der Waals surface area contributed by atoms with Crippen LogP contribution < -0.4 is 5.32 Å². The molecule has 4 heteroatoms. The van der Waals surface area contributed by atoms with Crippen molar-refractivity contribution in [1.29, 1.82) is 0 Å². The van der Waals surface area contributed by atoms with Crippen molar-refractivity contribution in [3.05, 3.63) is 35.6 Å². The maximum Gasteiger partial charge on any atom is 0.134 e. The fourth-order valence-electron chi connectivity index (χ4n) is 2.59. The number of rotatable bonds is 8. The van der Waals surface area contributed by atoms with Crippen LogP contribution in [0.1, 0.15) is 24.2 Å². The van der Waals surface area contributed by atoms with Crippen LogP contribution in [0.3, 0.4) is 0 Å². The maximum absolute atomic E-state index is 6.06. The van der Waals surface area contributed by atoms with E-state index in [0.717, 1.165) is 37.6 Å². The molecule has 21 heavy (non-hydrogen) atoms. The molecule has 1 aromatic heterocycles. The monoisotopic (exact) mass is 288 g/mol. The number of nitrogens with zero attached hydrogens (tertiary/aromatic N) is 1. The van der Waals surface area contributed by atoms with Gasteiger partial charge in [0.2, 0.25) is 0 Å². The second kappa shape index (κ2) is 6.60. The zero-order chi connectivity index (χ0) is 14.7. The molecule has 1 N–H and O–H groups in total. The van der Waals surface area contributed by atoms with Gasteiger partial charge in [0.25, 0.3) is 0 Å². The van der Waals surface area contributed by atoms with Gasteiger partial charge in [0, 0.05) is 37.2 Å². The van der Waals surface area contributed by atoms with Gasteiger partial charge in [0.15, 0.2) is 0 Å².